The van der Waals surface area contributed by atoms with Crippen molar-refractivity contribution in [1.82, 2.24) is 4.90 Å². The van der Waals surface area contributed by atoms with Crippen molar-refractivity contribution in [2.75, 3.05) is 19.0 Å². The molecule has 1 aliphatic rings. The van der Waals surface area contributed by atoms with Crippen LogP contribution in [0.15, 0.2) is 78.9 Å². The normalized spacial score (nSPS) is 13.5. The molecule has 0 radical (unpaired) electrons. The summed E-state index contributed by atoms with van der Waals surface area (Å²) in [6, 6.07) is 27.9. The molecule has 146 valence electrons. The van der Waals surface area contributed by atoms with Crippen LogP contribution in [0.3, 0.4) is 0 Å². The number of rotatable bonds is 7. The van der Waals surface area contributed by atoms with E-state index in [1.54, 1.807) is 0 Å². The van der Waals surface area contributed by atoms with Crippen LogP contribution >= 0.6 is 24.0 Å². The molecule has 4 heteroatoms. The molecule has 1 unspecified atom stereocenters. The molecule has 3 aromatic carbocycles. The van der Waals surface area contributed by atoms with Gasteiger partial charge in [0.05, 0.1) is 6.04 Å². The zero-order valence-corrected chi connectivity index (χ0v) is 17.5. The fourth-order valence-corrected chi connectivity index (χ4v) is 4.21. The third-order valence-electron chi connectivity index (χ3n) is 5.28. The highest BCUT2D eigenvalue weighted by molar-refractivity contribution is 6.18. The summed E-state index contributed by atoms with van der Waals surface area (Å²) in [4.78, 5) is 2.47. The standard InChI is InChI=1S/C24H24ClNO.ClH/c1-18(17-27-19-9-3-2-4-10-19)26(16-15-25)24-22-13-7-5-11-20(22)21-12-6-8-14-23(21)24;/h2-14,18,24H,15-17H2,1H3;1H. The van der Waals surface area contributed by atoms with Crippen LogP contribution in [0.2, 0.25) is 0 Å². The minimum atomic E-state index is 0. The van der Waals surface area contributed by atoms with E-state index in [0.717, 1.165) is 12.3 Å². The van der Waals surface area contributed by atoms with Gasteiger partial charge in [-0.05, 0) is 41.3 Å². The predicted molar refractivity (Wildman–Crippen MR) is 120 cm³/mol. The monoisotopic (exact) mass is 413 g/mol. The van der Waals surface area contributed by atoms with Gasteiger partial charge in [0.25, 0.3) is 0 Å². The largest absolute Gasteiger partial charge is 0.492 e. The highest BCUT2D eigenvalue weighted by atomic mass is 35.5. The number of fused-ring (bicyclic) bond motifs is 3. The molecule has 28 heavy (non-hydrogen) atoms. The summed E-state index contributed by atoms with van der Waals surface area (Å²) >= 11 is 6.21. The van der Waals surface area contributed by atoms with Crippen molar-refractivity contribution in [3.05, 3.63) is 90.0 Å². The van der Waals surface area contributed by atoms with Crippen LogP contribution in [0, 0.1) is 0 Å². The third-order valence-corrected chi connectivity index (χ3v) is 5.44. The second-order valence-electron chi connectivity index (χ2n) is 6.98. The Balaban J connectivity index is 0.00000225. The van der Waals surface area contributed by atoms with Gasteiger partial charge in [-0.2, -0.15) is 0 Å². The molecule has 3 aromatic rings. The van der Waals surface area contributed by atoms with E-state index in [1.807, 2.05) is 30.3 Å². The van der Waals surface area contributed by atoms with E-state index in [2.05, 4.69) is 60.4 Å². The number of nitrogens with zero attached hydrogens (tertiary/aromatic N) is 1. The first kappa shape index (κ1) is 20.7. The van der Waals surface area contributed by atoms with Crippen LogP contribution in [0.1, 0.15) is 24.1 Å². The van der Waals surface area contributed by atoms with E-state index in [9.17, 15) is 0 Å². The molecule has 0 saturated carbocycles. The summed E-state index contributed by atoms with van der Waals surface area (Å²) < 4.78 is 6.05. The summed E-state index contributed by atoms with van der Waals surface area (Å²) in [7, 11) is 0. The van der Waals surface area contributed by atoms with Crippen molar-refractivity contribution in [3.63, 3.8) is 0 Å². The lowest BCUT2D eigenvalue weighted by Crippen LogP contribution is -2.41. The van der Waals surface area contributed by atoms with Gasteiger partial charge in [-0.1, -0.05) is 66.7 Å². The van der Waals surface area contributed by atoms with Gasteiger partial charge in [0, 0.05) is 18.5 Å². The Morgan fingerprint density at radius 2 is 1.39 bits per heavy atom. The lowest BCUT2D eigenvalue weighted by atomic mass is 10.0. The average Bonchev–Trinajstić information content (AvgIpc) is 3.05. The van der Waals surface area contributed by atoms with E-state index in [4.69, 9.17) is 16.3 Å². The van der Waals surface area contributed by atoms with Gasteiger partial charge in [-0.3, -0.25) is 4.90 Å². The fourth-order valence-electron chi connectivity index (χ4n) is 4.02. The van der Waals surface area contributed by atoms with Crippen molar-refractivity contribution in [2.24, 2.45) is 0 Å². The first-order valence-corrected chi connectivity index (χ1v) is 10.0. The minimum Gasteiger partial charge on any atom is -0.492 e. The lowest BCUT2D eigenvalue weighted by molar-refractivity contribution is 0.126. The Morgan fingerprint density at radius 1 is 0.857 bits per heavy atom. The van der Waals surface area contributed by atoms with E-state index < -0.39 is 0 Å². The zero-order chi connectivity index (χ0) is 18.6. The summed E-state index contributed by atoms with van der Waals surface area (Å²) in [6.07, 6.45) is 0. The van der Waals surface area contributed by atoms with Crippen molar-refractivity contribution in [1.29, 1.82) is 0 Å². The predicted octanol–water partition coefficient (Wildman–Crippen LogP) is 6.19. The van der Waals surface area contributed by atoms with Crippen LogP contribution in [0.4, 0.5) is 0 Å². The van der Waals surface area contributed by atoms with Crippen molar-refractivity contribution in [2.45, 2.75) is 19.0 Å². The van der Waals surface area contributed by atoms with Crippen LogP contribution in [0.25, 0.3) is 11.1 Å². The molecular formula is C24H25Cl2NO. The Labute approximate surface area is 178 Å². The number of halogens is 2. The highest BCUT2D eigenvalue weighted by Gasteiger charge is 2.34. The van der Waals surface area contributed by atoms with Gasteiger partial charge in [-0.25, -0.2) is 0 Å². The number of para-hydroxylation sites is 1. The molecule has 4 rings (SSSR count). The Morgan fingerprint density at radius 3 is 1.96 bits per heavy atom. The van der Waals surface area contributed by atoms with Crippen LogP contribution < -0.4 is 4.74 Å². The molecule has 2 nitrogen and oxygen atoms in total. The van der Waals surface area contributed by atoms with Gasteiger partial charge in [0.2, 0.25) is 0 Å². The van der Waals surface area contributed by atoms with Crippen LogP contribution in [-0.4, -0.2) is 30.0 Å². The van der Waals surface area contributed by atoms with Gasteiger partial charge in [0.1, 0.15) is 12.4 Å². The molecule has 0 aromatic heterocycles. The van der Waals surface area contributed by atoms with E-state index >= 15 is 0 Å². The second-order valence-corrected chi connectivity index (χ2v) is 7.35. The summed E-state index contributed by atoms with van der Waals surface area (Å²) in [5, 5.41) is 0. The maximum absolute atomic E-state index is 6.21. The molecule has 0 aliphatic heterocycles. The molecule has 0 saturated heterocycles. The average molecular weight is 414 g/mol. The van der Waals surface area contributed by atoms with Gasteiger partial charge in [-0.15, -0.1) is 24.0 Å². The van der Waals surface area contributed by atoms with E-state index in [-0.39, 0.29) is 24.5 Å². The molecule has 1 atom stereocenters. The van der Waals surface area contributed by atoms with Crippen molar-refractivity contribution >= 4 is 24.0 Å². The van der Waals surface area contributed by atoms with Gasteiger partial charge in [0.15, 0.2) is 0 Å². The van der Waals surface area contributed by atoms with Crippen LogP contribution in [0.5, 0.6) is 5.75 Å². The Hall–Kier alpha value is -2.00. The number of hydrogen-bond donors (Lipinski definition) is 0. The number of benzene rings is 3. The fraction of sp³-hybridized carbons (Fsp3) is 0.250. The number of hydrogen-bond acceptors (Lipinski definition) is 2. The lowest BCUT2D eigenvalue weighted by Gasteiger charge is -2.35. The van der Waals surface area contributed by atoms with Gasteiger partial charge < -0.3 is 4.74 Å². The summed E-state index contributed by atoms with van der Waals surface area (Å²) in [6.45, 7) is 3.66. The highest BCUT2D eigenvalue weighted by Crippen LogP contribution is 2.46. The first-order chi connectivity index (χ1) is 13.3. The van der Waals surface area contributed by atoms with Gasteiger partial charge >= 0.3 is 0 Å². The summed E-state index contributed by atoms with van der Waals surface area (Å²) in [5.74, 6) is 1.50. The quantitative estimate of drug-likeness (QED) is 0.428. The molecule has 0 amide bonds. The molecular weight excluding hydrogens is 389 g/mol. The third kappa shape index (κ3) is 4.05. The van der Waals surface area contributed by atoms with E-state index in [1.165, 1.54) is 22.3 Å². The topological polar surface area (TPSA) is 12.5 Å². The maximum Gasteiger partial charge on any atom is 0.119 e. The Bertz CT molecular complexity index is 854. The maximum atomic E-state index is 6.21. The van der Waals surface area contributed by atoms with Crippen molar-refractivity contribution < 1.29 is 4.74 Å². The minimum absolute atomic E-state index is 0. The second kappa shape index (κ2) is 9.47. The molecule has 0 N–H and O–H groups in total. The summed E-state index contributed by atoms with van der Waals surface area (Å²) in [5.41, 5.74) is 5.37. The zero-order valence-electron chi connectivity index (χ0n) is 15.9. The molecule has 0 heterocycles. The van der Waals surface area contributed by atoms with E-state index in [0.29, 0.717) is 12.5 Å². The molecule has 0 bridgehead atoms. The molecule has 0 fully saturated rings. The van der Waals surface area contributed by atoms with Crippen LogP contribution in [-0.2, 0) is 0 Å². The first-order valence-electron chi connectivity index (χ1n) is 9.47. The SMILES string of the molecule is CC(COc1ccccc1)N(CCCl)C1c2ccccc2-c2ccccc21.Cl. The smallest absolute Gasteiger partial charge is 0.119 e. The number of ether oxygens (including phenoxy) is 1. The van der Waals surface area contributed by atoms with Crippen molar-refractivity contribution in [3.8, 4) is 16.9 Å². The number of alkyl halides is 1. The molecule has 1 aliphatic carbocycles. The Kier molecular flexibility index (Phi) is 7.01. The molecule has 0 spiro atoms.